The van der Waals surface area contributed by atoms with E-state index in [4.69, 9.17) is 9.84 Å². The summed E-state index contributed by atoms with van der Waals surface area (Å²) in [6.45, 7) is 5.07. The van der Waals surface area contributed by atoms with Gasteiger partial charge in [-0.15, -0.1) is 0 Å². The molecule has 1 N–H and O–H groups in total. The van der Waals surface area contributed by atoms with Crippen LogP contribution in [-0.2, 0) is 9.53 Å². The van der Waals surface area contributed by atoms with Crippen molar-refractivity contribution >= 4 is 5.97 Å². The maximum atomic E-state index is 10.8. The molecule has 0 saturated heterocycles. The van der Waals surface area contributed by atoms with Crippen molar-refractivity contribution in [3.05, 3.63) is 0 Å². The molecule has 1 rings (SSSR count). The van der Waals surface area contributed by atoms with Crippen LogP contribution in [0.4, 0.5) is 0 Å². The second kappa shape index (κ2) is 6.11. The highest BCUT2D eigenvalue weighted by molar-refractivity contribution is 5.70. The van der Waals surface area contributed by atoms with Gasteiger partial charge in [-0.2, -0.15) is 0 Å². The predicted octanol–water partition coefficient (Wildman–Crippen LogP) is 2.69. The van der Waals surface area contributed by atoms with Crippen molar-refractivity contribution in [2.75, 3.05) is 6.61 Å². The number of hydrogen-bond acceptors (Lipinski definition) is 2. The van der Waals surface area contributed by atoms with Crippen LogP contribution >= 0.6 is 0 Å². The first kappa shape index (κ1) is 12.5. The first-order chi connectivity index (χ1) is 7.15. The standard InChI is InChI=1S/C12H22O3/c1-3-4-7-15-11-6-5-10(12(13)14)8-9(11)2/h9-11H,3-8H2,1-2H3,(H,13,14). The summed E-state index contributed by atoms with van der Waals surface area (Å²) in [6.07, 6.45) is 4.99. The van der Waals surface area contributed by atoms with Crippen LogP contribution in [0.5, 0.6) is 0 Å². The van der Waals surface area contributed by atoms with Gasteiger partial charge >= 0.3 is 5.97 Å². The summed E-state index contributed by atoms with van der Waals surface area (Å²) in [5.41, 5.74) is 0. The number of hydrogen-bond donors (Lipinski definition) is 1. The van der Waals surface area contributed by atoms with Crippen LogP contribution in [-0.4, -0.2) is 23.8 Å². The van der Waals surface area contributed by atoms with Gasteiger partial charge in [-0.05, 0) is 31.6 Å². The fraction of sp³-hybridized carbons (Fsp3) is 0.917. The maximum Gasteiger partial charge on any atom is 0.306 e. The van der Waals surface area contributed by atoms with Crippen molar-refractivity contribution < 1.29 is 14.6 Å². The highest BCUT2D eigenvalue weighted by Gasteiger charge is 2.31. The molecule has 0 aliphatic heterocycles. The van der Waals surface area contributed by atoms with Gasteiger partial charge in [-0.1, -0.05) is 20.3 Å². The molecular formula is C12H22O3. The topological polar surface area (TPSA) is 46.5 Å². The summed E-state index contributed by atoms with van der Waals surface area (Å²) in [6, 6.07) is 0. The molecule has 1 saturated carbocycles. The monoisotopic (exact) mass is 214 g/mol. The second-order valence-corrected chi connectivity index (χ2v) is 4.59. The largest absolute Gasteiger partial charge is 0.481 e. The van der Waals surface area contributed by atoms with Gasteiger partial charge in [0.05, 0.1) is 12.0 Å². The summed E-state index contributed by atoms with van der Waals surface area (Å²) < 4.78 is 5.77. The Hall–Kier alpha value is -0.570. The van der Waals surface area contributed by atoms with Gasteiger partial charge in [-0.25, -0.2) is 0 Å². The van der Waals surface area contributed by atoms with Crippen molar-refractivity contribution in [3.8, 4) is 0 Å². The van der Waals surface area contributed by atoms with Gasteiger partial charge in [0.1, 0.15) is 0 Å². The van der Waals surface area contributed by atoms with E-state index in [2.05, 4.69) is 13.8 Å². The molecule has 0 bridgehead atoms. The number of rotatable bonds is 5. The fourth-order valence-electron chi connectivity index (χ4n) is 2.22. The quantitative estimate of drug-likeness (QED) is 0.716. The number of aliphatic carboxylic acids is 1. The van der Waals surface area contributed by atoms with Crippen molar-refractivity contribution in [2.24, 2.45) is 11.8 Å². The molecule has 88 valence electrons. The zero-order chi connectivity index (χ0) is 11.3. The third kappa shape index (κ3) is 3.82. The number of carbonyl (C=O) groups is 1. The number of unbranched alkanes of at least 4 members (excludes halogenated alkanes) is 1. The summed E-state index contributed by atoms with van der Waals surface area (Å²) in [7, 11) is 0. The molecule has 1 aliphatic carbocycles. The first-order valence-electron chi connectivity index (χ1n) is 5.99. The van der Waals surface area contributed by atoms with Gasteiger partial charge in [0.2, 0.25) is 0 Å². The molecule has 0 amide bonds. The normalized spacial score (nSPS) is 31.5. The number of ether oxygens (including phenoxy) is 1. The average molecular weight is 214 g/mol. The second-order valence-electron chi connectivity index (χ2n) is 4.59. The van der Waals surface area contributed by atoms with Gasteiger partial charge in [0.15, 0.2) is 0 Å². The van der Waals surface area contributed by atoms with E-state index in [9.17, 15) is 4.79 Å². The van der Waals surface area contributed by atoms with Gasteiger partial charge < -0.3 is 9.84 Å². The molecule has 1 fully saturated rings. The summed E-state index contributed by atoms with van der Waals surface area (Å²) in [5.74, 6) is -0.406. The minimum absolute atomic E-state index is 0.147. The minimum Gasteiger partial charge on any atom is -0.481 e. The van der Waals surface area contributed by atoms with E-state index in [1.807, 2.05) is 0 Å². The molecule has 3 heteroatoms. The SMILES string of the molecule is CCCCOC1CCC(C(=O)O)CC1C. The fourth-order valence-corrected chi connectivity index (χ4v) is 2.22. The molecule has 0 radical (unpaired) electrons. The molecule has 0 aromatic rings. The van der Waals surface area contributed by atoms with E-state index in [-0.39, 0.29) is 12.0 Å². The van der Waals surface area contributed by atoms with Crippen molar-refractivity contribution in [3.63, 3.8) is 0 Å². The van der Waals surface area contributed by atoms with E-state index in [0.29, 0.717) is 5.92 Å². The molecule has 3 atom stereocenters. The summed E-state index contributed by atoms with van der Waals surface area (Å²) in [5, 5.41) is 8.92. The lowest BCUT2D eigenvalue weighted by atomic mass is 9.80. The van der Waals surface area contributed by atoms with Crippen LogP contribution in [0.15, 0.2) is 0 Å². The Morgan fingerprint density at radius 1 is 1.47 bits per heavy atom. The summed E-state index contributed by atoms with van der Waals surface area (Å²) >= 11 is 0. The van der Waals surface area contributed by atoms with Crippen LogP contribution in [0.1, 0.15) is 46.0 Å². The van der Waals surface area contributed by atoms with E-state index in [1.54, 1.807) is 0 Å². The highest BCUT2D eigenvalue weighted by Crippen LogP contribution is 2.31. The maximum absolute atomic E-state index is 10.8. The van der Waals surface area contributed by atoms with Crippen LogP contribution in [0.2, 0.25) is 0 Å². The van der Waals surface area contributed by atoms with Crippen LogP contribution in [0.25, 0.3) is 0 Å². The zero-order valence-electron chi connectivity index (χ0n) is 9.74. The summed E-state index contributed by atoms with van der Waals surface area (Å²) in [4.78, 5) is 10.8. The Morgan fingerprint density at radius 2 is 2.20 bits per heavy atom. The molecule has 0 aromatic heterocycles. The molecule has 0 spiro atoms. The van der Waals surface area contributed by atoms with E-state index in [0.717, 1.165) is 38.7 Å². The van der Waals surface area contributed by atoms with E-state index < -0.39 is 5.97 Å². The van der Waals surface area contributed by atoms with E-state index >= 15 is 0 Å². The van der Waals surface area contributed by atoms with Crippen LogP contribution in [0, 0.1) is 11.8 Å². The lowest BCUT2D eigenvalue weighted by Crippen LogP contribution is -2.33. The Bertz CT molecular complexity index is 203. The molecule has 3 nitrogen and oxygen atoms in total. The number of carboxylic acid groups (broad SMARTS) is 1. The average Bonchev–Trinajstić information content (AvgIpc) is 2.20. The minimum atomic E-state index is -0.645. The predicted molar refractivity (Wildman–Crippen MR) is 58.8 cm³/mol. The highest BCUT2D eigenvalue weighted by atomic mass is 16.5. The third-order valence-electron chi connectivity index (χ3n) is 3.27. The Morgan fingerprint density at radius 3 is 2.73 bits per heavy atom. The third-order valence-corrected chi connectivity index (χ3v) is 3.27. The van der Waals surface area contributed by atoms with Crippen molar-refractivity contribution in [1.29, 1.82) is 0 Å². The molecular weight excluding hydrogens is 192 g/mol. The van der Waals surface area contributed by atoms with Gasteiger partial charge in [0, 0.05) is 6.61 Å². The zero-order valence-corrected chi connectivity index (χ0v) is 9.74. The molecule has 0 heterocycles. The Labute approximate surface area is 91.8 Å². The molecule has 15 heavy (non-hydrogen) atoms. The van der Waals surface area contributed by atoms with E-state index in [1.165, 1.54) is 0 Å². The van der Waals surface area contributed by atoms with Gasteiger partial charge in [0.25, 0.3) is 0 Å². The molecule has 3 unspecified atom stereocenters. The first-order valence-corrected chi connectivity index (χ1v) is 5.99. The van der Waals surface area contributed by atoms with Gasteiger partial charge in [-0.3, -0.25) is 4.79 Å². The van der Waals surface area contributed by atoms with Crippen LogP contribution < -0.4 is 0 Å². The smallest absolute Gasteiger partial charge is 0.306 e. The lowest BCUT2D eigenvalue weighted by molar-refractivity contribution is -0.145. The molecule has 1 aliphatic rings. The van der Waals surface area contributed by atoms with Crippen molar-refractivity contribution in [1.82, 2.24) is 0 Å². The van der Waals surface area contributed by atoms with Crippen LogP contribution in [0.3, 0.4) is 0 Å². The lowest BCUT2D eigenvalue weighted by Gasteiger charge is -2.32. The van der Waals surface area contributed by atoms with Crippen molar-refractivity contribution in [2.45, 2.75) is 52.1 Å². The Kier molecular flexibility index (Phi) is 5.09. The number of carboxylic acids is 1. The molecule has 0 aromatic carbocycles. The Balaban J connectivity index is 2.29.